The zero-order valence-electron chi connectivity index (χ0n) is 25.5. The molecule has 0 aliphatic carbocycles. The van der Waals surface area contributed by atoms with E-state index in [0.717, 1.165) is 29.9 Å². The molecule has 1 N–H and O–H groups in total. The summed E-state index contributed by atoms with van der Waals surface area (Å²) in [5, 5.41) is 8.23. The highest BCUT2D eigenvalue weighted by Crippen LogP contribution is 2.42. The van der Waals surface area contributed by atoms with Crippen molar-refractivity contribution in [1.82, 2.24) is 25.1 Å². The monoisotopic (exact) mass is 594 g/mol. The summed E-state index contributed by atoms with van der Waals surface area (Å²) < 4.78 is 12.5. The highest BCUT2D eigenvalue weighted by molar-refractivity contribution is 5.83. The molecule has 9 nitrogen and oxygen atoms in total. The Bertz CT molecular complexity index is 1460. The summed E-state index contributed by atoms with van der Waals surface area (Å²) in [5.74, 6) is 0.150. The Hall–Kier alpha value is -3.57. The number of ether oxygens (including phenoxy) is 2. The van der Waals surface area contributed by atoms with Crippen LogP contribution in [0.4, 0.5) is 5.69 Å². The van der Waals surface area contributed by atoms with Crippen LogP contribution < -0.4 is 10.2 Å². The number of rotatable bonds is 12. The quantitative estimate of drug-likeness (QED) is 0.253. The second kappa shape index (κ2) is 12.4. The number of amides is 1. The van der Waals surface area contributed by atoms with E-state index in [2.05, 4.69) is 92.4 Å². The molecule has 4 fully saturated rings. The van der Waals surface area contributed by atoms with Gasteiger partial charge in [-0.1, -0.05) is 78.9 Å². The number of hydrazine groups is 1. The highest BCUT2D eigenvalue weighted by atomic mass is 16.6. The van der Waals surface area contributed by atoms with Gasteiger partial charge in [-0.15, -0.1) is 6.58 Å². The van der Waals surface area contributed by atoms with E-state index in [1.165, 1.54) is 5.56 Å². The molecular formula is C35H42N6O3. The third kappa shape index (κ3) is 6.04. The maximum absolute atomic E-state index is 14.3. The van der Waals surface area contributed by atoms with Gasteiger partial charge in [-0.3, -0.25) is 10.1 Å². The van der Waals surface area contributed by atoms with E-state index in [1.807, 2.05) is 49.3 Å². The molecule has 3 aromatic rings. The van der Waals surface area contributed by atoms with Crippen molar-refractivity contribution in [2.75, 3.05) is 38.6 Å². The van der Waals surface area contributed by atoms with Gasteiger partial charge in [0.2, 0.25) is 5.91 Å². The molecule has 7 rings (SSSR count). The molecule has 0 saturated carbocycles. The Morgan fingerprint density at radius 1 is 0.932 bits per heavy atom. The largest absolute Gasteiger partial charge is 0.378 e. The number of fused-ring (bicyclic) bond motifs is 3. The molecule has 0 aromatic heterocycles. The van der Waals surface area contributed by atoms with Crippen LogP contribution in [0.1, 0.15) is 16.7 Å². The van der Waals surface area contributed by atoms with Gasteiger partial charge in [-0.05, 0) is 35.2 Å². The van der Waals surface area contributed by atoms with Crippen LogP contribution in [0.15, 0.2) is 97.6 Å². The first-order valence-corrected chi connectivity index (χ1v) is 15.6. The minimum atomic E-state index is -0.330. The van der Waals surface area contributed by atoms with Crippen LogP contribution in [-0.2, 0) is 33.8 Å². The van der Waals surface area contributed by atoms with Gasteiger partial charge in [-0.2, -0.15) is 0 Å². The standard InChI is InChI=1S/C35H42N6O3/c1-4-18-39(35-32(44-35)36-21-26-14-9-6-10-15-26)40-23-30-34(43-30)41-29(20-25-12-7-5-8-13-25)33(42)38(24-31(40)41)22-27-16-11-17-28(19-27)37(2)3/h4-17,19,29-32,34-36H,1,18,20-24H2,2-3H3/t29-,30?,31+,32?,34?,35?/m0/s1. The highest BCUT2D eigenvalue weighted by Gasteiger charge is 2.61. The number of benzene rings is 3. The van der Waals surface area contributed by atoms with Gasteiger partial charge in [-0.25, -0.2) is 14.9 Å². The number of nitrogens with one attached hydrogen (secondary N) is 1. The maximum atomic E-state index is 14.3. The predicted molar refractivity (Wildman–Crippen MR) is 170 cm³/mol. The van der Waals surface area contributed by atoms with Crippen LogP contribution in [0, 0.1) is 0 Å². The molecule has 4 aliphatic heterocycles. The van der Waals surface area contributed by atoms with Crippen molar-refractivity contribution in [3.05, 3.63) is 114 Å². The molecule has 1 amide bonds. The molecular weight excluding hydrogens is 552 g/mol. The molecule has 6 atom stereocenters. The normalized spacial score (nSPS) is 28.0. The van der Waals surface area contributed by atoms with Gasteiger partial charge in [0.25, 0.3) is 0 Å². The van der Waals surface area contributed by atoms with Crippen LogP contribution in [-0.4, -0.2) is 96.4 Å². The fraction of sp³-hybridized carbons (Fsp3) is 0.400. The summed E-state index contributed by atoms with van der Waals surface area (Å²) in [7, 11) is 4.09. The van der Waals surface area contributed by atoms with Crippen LogP contribution >= 0.6 is 0 Å². The first-order valence-electron chi connectivity index (χ1n) is 15.6. The Kier molecular flexibility index (Phi) is 8.24. The van der Waals surface area contributed by atoms with Crippen molar-refractivity contribution < 1.29 is 14.3 Å². The second-order valence-electron chi connectivity index (χ2n) is 12.3. The average molecular weight is 595 g/mol. The number of carbonyl (C=O) groups is 1. The van der Waals surface area contributed by atoms with Crippen molar-refractivity contribution in [3.8, 4) is 0 Å². The number of anilines is 1. The van der Waals surface area contributed by atoms with E-state index in [9.17, 15) is 4.79 Å². The summed E-state index contributed by atoms with van der Waals surface area (Å²) in [6.07, 6.45) is 2.31. The lowest BCUT2D eigenvalue weighted by Crippen LogP contribution is -2.73. The molecule has 0 spiro atoms. The van der Waals surface area contributed by atoms with Crippen LogP contribution in [0.25, 0.3) is 0 Å². The van der Waals surface area contributed by atoms with Gasteiger partial charge in [0, 0.05) is 46.0 Å². The van der Waals surface area contributed by atoms with Crippen molar-refractivity contribution in [3.63, 3.8) is 0 Å². The van der Waals surface area contributed by atoms with E-state index < -0.39 is 0 Å². The molecule has 0 bridgehead atoms. The summed E-state index contributed by atoms with van der Waals surface area (Å²) in [6.45, 7) is 7.33. The molecule has 0 radical (unpaired) electrons. The number of piperazine rings is 1. The van der Waals surface area contributed by atoms with Crippen molar-refractivity contribution in [1.29, 1.82) is 0 Å². The Morgan fingerprint density at radius 2 is 1.66 bits per heavy atom. The topological polar surface area (TPSA) is 70.4 Å². The molecule has 4 saturated heterocycles. The minimum Gasteiger partial charge on any atom is -0.378 e. The number of hydrogen-bond donors (Lipinski definition) is 1. The van der Waals surface area contributed by atoms with Gasteiger partial charge < -0.3 is 19.3 Å². The fourth-order valence-electron chi connectivity index (χ4n) is 6.74. The number of hydrogen-bond acceptors (Lipinski definition) is 8. The van der Waals surface area contributed by atoms with Crippen LogP contribution in [0.2, 0.25) is 0 Å². The smallest absolute Gasteiger partial charge is 0.240 e. The first-order chi connectivity index (χ1) is 21.5. The lowest BCUT2D eigenvalue weighted by Gasteiger charge is -2.53. The number of nitrogens with zero attached hydrogens (tertiary/aromatic N) is 5. The number of carbonyl (C=O) groups excluding carboxylic acids is 1. The van der Waals surface area contributed by atoms with Crippen molar-refractivity contribution in [2.24, 2.45) is 0 Å². The van der Waals surface area contributed by atoms with Gasteiger partial charge in [0.1, 0.15) is 12.3 Å². The van der Waals surface area contributed by atoms with E-state index >= 15 is 0 Å². The summed E-state index contributed by atoms with van der Waals surface area (Å²) in [4.78, 5) is 20.8. The Balaban J connectivity index is 1.16. The molecule has 4 heterocycles. The Labute approximate surface area is 260 Å². The maximum Gasteiger partial charge on any atom is 0.240 e. The van der Waals surface area contributed by atoms with Crippen LogP contribution in [0.3, 0.4) is 0 Å². The lowest BCUT2D eigenvalue weighted by molar-refractivity contribution is -0.191. The molecule has 3 aromatic carbocycles. The summed E-state index contributed by atoms with van der Waals surface area (Å²) in [6, 6.07) is 28.8. The van der Waals surface area contributed by atoms with Gasteiger partial charge >= 0.3 is 0 Å². The van der Waals surface area contributed by atoms with E-state index in [4.69, 9.17) is 9.47 Å². The number of epoxide rings is 2. The first kappa shape index (κ1) is 29.2. The summed E-state index contributed by atoms with van der Waals surface area (Å²) in [5.41, 5.74) is 4.62. The van der Waals surface area contributed by atoms with E-state index in [0.29, 0.717) is 26.1 Å². The SMILES string of the molecule is C=CCN(C1OC1NCc1ccccc1)N1CC2OC2N2[C@@H](Cc3ccccc3)C(=O)N(Cc3cccc(N(C)C)c3)C[C@@H]21. The second-order valence-corrected chi connectivity index (χ2v) is 12.3. The Morgan fingerprint density at radius 3 is 2.39 bits per heavy atom. The zero-order valence-corrected chi connectivity index (χ0v) is 25.5. The minimum absolute atomic E-state index is 0.0502. The molecule has 4 aliphatic rings. The van der Waals surface area contributed by atoms with Gasteiger partial charge in [0.15, 0.2) is 12.5 Å². The molecule has 4 unspecified atom stereocenters. The fourth-order valence-corrected chi connectivity index (χ4v) is 6.74. The third-order valence-corrected chi connectivity index (χ3v) is 9.08. The third-order valence-electron chi connectivity index (χ3n) is 9.08. The predicted octanol–water partition coefficient (Wildman–Crippen LogP) is 3.25. The van der Waals surface area contributed by atoms with Crippen LogP contribution in [0.5, 0.6) is 0 Å². The average Bonchev–Trinajstić information content (AvgIpc) is 3.98. The van der Waals surface area contributed by atoms with Gasteiger partial charge in [0.05, 0.1) is 18.8 Å². The lowest BCUT2D eigenvalue weighted by atomic mass is 9.97. The molecule has 9 heteroatoms. The van der Waals surface area contributed by atoms with Crippen molar-refractivity contribution >= 4 is 11.6 Å². The van der Waals surface area contributed by atoms with Crippen molar-refractivity contribution in [2.45, 2.75) is 56.5 Å². The zero-order chi connectivity index (χ0) is 30.2. The molecule has 230 valence electrons. The van der Waals surface area contributed by atoms with E-state index in [-0.39, 0.29) is 42.9 Å². The summed E-state index contributed by atoms with van der Waals surface area (Å²) >= 11 is 0. The molecule has 44 heavy (non-hydrogen) atoms. The van der Waals surface area contributed by atoms with E-state index in [1.54, 1.807) is 0 Å².